The van der Waals surface area contributed by atoms with Crippen molar-refractivity contribution in [3.63, 3.8) is 0 Å². The van der Waals surface area contributed by atoms with Crippen LogP contribution in [-0.2, 0) is 0 Å². The number of benzene rings is 1. The van der Waals surface area contributed by atoms with E-state index in [-0.39, 0.29) is 0 Å². The molecular formula is C10H16NO+. The minimum absolute atomic E-state index is 0.319. The van der Waals surface area contributed by atoms with E-state index in [1.807, 2.05) is 13.0 Å². The van der Waals surface area contributed by atoms with Gasteiger partial charge in [-0.25, -0.2) is 0 Å². The van der Waals surface area contributed by atoms with Crippen LogP contribution in [0.1, 0.15) is 24.1 Å². The first-order valence-corrected chi connectivity index (χ1v) is 4.12. The fraction of sp³-hybridized carbons (Fsp3) is 0.400. The molecule has 0 saturated carbocycles. The second-order valence-corrected chi connectivity index (χ2v) is 3.13. The second kappa shape index (κ2) is 3.59. The summed E-state index contributed by atoms with van der Waals surface area (Å²) in [6.07, 6.45) is 0. The highest BCUT2D eigenvalue weighted by Crippen LogP contribution is 2.21. The third-order valence-corrected chi connectivity index (χ3v) is 2.00. The molecule has 0 radical (unpaired) electrons. The lowest BCUT2D eigenvalue weighted by Crippen LogP contribution is -2.51. The van der Waals surface area contributed by atoms with Crippen LogP contribution in [0, 0.1) is 6.92 Å². The molecule has 1 aromatic rings. The molecule has 0 heterocycles. The van der Waals surface area contributed by atoms with Gasteiger partial charge in [-0.1, -0.05) is 12.1 Å². The Morgan fingerprint density at radius 3 is 2.58 bits per heavy atom. The van der Waals surface area contributed by atoms with Gasteiger partial charge in [0.05, 0.1) is 7.11 Å². The Balaban J connectivity index is 3.05. The summed E-state index contributed by atoms with van der Waals surface area (Å²) in [6, 6.07) is 6.53. The van der Waals surface area contributed by atoms with E-state index in [9.17, 15) is 0 Å². The first-order valence-electron chi connectivity index (χ1n) is 4.12. The molecule has 1 unspecified atom stereocenters. The average Bonchev–Trinajstić information content (AvgIpc) is 2.05. The molecule has 0 amide bonds. The molecule has 0 fully saturated rings. The zero-order valence-corrected chi connectivity index (χ0v) is 7.92. The monoisotopic (exact) mass is 166 g/mol. The Kier molecular flexibility index (Phi) is 2.71. The van der Waals surface area contributed by atoms with E-state index >= 15 is 0 Å². The van der Waals surface area contributed by atoms with Crippen molar-refractivity contribution in [3.05, 3.63) is 29.3 Å². The van der Waals surface area contributed by atoms with Crippen molar-refractivity contribution in [2.45, 2.75) is 19.9 Å². The molecule has 66 valence electrons. The topological polar surface area (TPSA) is 36.9 Å². The molecule has 12 heavy (non-hydrogen) atoms. The van der Waals surface area contributed by atoms with E-state index in [0.29, 0.717) is 6.04 Å². The van der Waals surface area contributed by atoms with Gasteiger partial charge >= 0.3 is 0 Å². The standard InChI is InChI=1S/C10H15NO/c1-7-4-5-9(8(2)11)6-10(7)12-3/h4-6,8H,11H2,1-3H3/p+1. The van der Waals surface area contributed by atoms with Gasteiger partial charge in [-0.2, -0.15) is 0 Å². The molecule has 2 heteroatoms. The largest absolute Gasteiger partial charge is 0.496 e. The minimum Gasteiger partial charge on any atom is -0.496 e. The van der Waals surface area contributed by atoms with Crippen LogP contribution in [0.25, 0.3) is 0 Å². The number of aryl methyl sites for hydroxylation is 1. The van der Waals surface area contributed by atoms with Crippen LogP contribution < -0.4 is 10.5 Å². The summed E-state index contributed by atoms with van der Waals surface area (Å²) in [4.78, 5) is 0. The maximum atomic E-state index is 5.21. The molecule has 0 aliphatic carbocycles. The summed E-state index contributed by atoms with van der Waals surface area (Å²) in [5, 5.41) is 0. The van der Waals surface area contributed by atoms with Crippen LogP contribution >= 0.6 is 0 Å². The zero-order chi connectivity index (χ0) is 9.14. The molecule has 1 aromatic carbocycles. The predicted octanol–water partition coefficient (Wildman–Crippen LogP) is 1.31. The number of methoxy groups -OCH3 is 1. The van der Waals surface area contributed by atoms with Crippen molar-refractivity contribution in [2.75, 3.05) is 7.11 Å². The fourth-order valence-electron chi connectivity index (χ4n) is 1.14. The second-order valence-electron chi connectivity index (χ2n) is 3.13. The van der Waals surface area contributed by atoms with Gasteiger partial charge in [0.25, 0.3) is 0 Å². The van der Waals surface area contributed by atoms with Crippen molar-refractivity contribution >= 4 is 0 Å². The summed E-state index contributed by atoms with van der Waals surface area (Å²) in [5.74, 6) is 0.947. The Bertz CT molecular complexity index is 269. The van der Waals surface area contributed by atoms with Gasteiger partial charge in [0.1, 0.15) is 11.8 Å². The Morgan fingerprint density at radius 1 is 1.42 bits per heavy atom. The van der Waals surface area contributed by atoms with Crippen LogP contribution in [0.15, 0.2) is 18.2 Å². The summed E-state index contributed by atoms with van der Waals surface area (Å²) in [7, 11) is 1.69. The van der Waals surface area contributed by atoms with Gasteiger partial charge in [-0.15, -0.1) is 0 Å². The molecule has 3 N–H and O–H groups in total. The van der Waals surface area contributed by atoms with E-state index in [4.69, 9.17) is 4.74 Å². The highest BCUT2D eigenvalue weighted by molar-refractivity contribution is 5.37. The van der Waals surface area contributed by atoms with Crippen molar-refractivity contribution in [1.82, 2.24) is 0 Å². The highest BCUT2D eigenvalue weighted by atomic mass is 16.5. The van der Waals surface area contributed by atoms with E-state index < -0.39 is 0 Å². The third kappa shape index (κ3) is 1.77. The Morgan fingerprint density at radius 2 is 2.08 bits per heavy atom. The smallest absolute Gasteiger partial charge is 0.122 e. The van der Waals surface area contributed by atoms with E-state index in [2.05, 4.69) is 24.8 Å². The van der Waals surface area contributed by atoms with Gasteiger partial charge in [0.15, 0.2) is 0 Å². The van der Waals surface area contributed by atoms with E-state index in [0.717, 1.165) is 5.75 Å². The zero-order valence-electron chi connectivity index (χ0n) is 7.92. The lowest BCUT2D eigenvalue weighted by molar-refractivity contribution is -0.420. The number of rotatable bonds is 2. The number of quaternary nitrogens is 1. The minimum atomic E-state index is 0.319. The quantitative estimate of drug-likeness (QED) is 0.706. The van der Waals surface area contributed by atoms with Gasteiger partial charge in [0.2, 0.25) is 0 Å². The Labute approximate surface area is 73.3 Å². The molecule has 2 nitrogen and oxygen atoms in total. The van der Waals surface area contributed by atoms with E-state index in [1.54, 1.807) is 7.11 Å². The van der Waals surface area contributed by atoms with Crippen LogP contribution in [0.5, 0.6) is 5.75 Å². The highest BCUT2D eigenvalue weighted by Gasteiger charge is 2.05. The van der Waals surface area contributed by atoms with Crippen LogP contribution in [0.3, 0.4) is 0 Å². The molecule has 0 aliphatic heterocycles. The predicted molar refractivity (Wildman–Crippen MR) is 49.0 cm³/mol. The first kappa shape index (κ1) is 9.07. The molecule has 1 atom stereocenters. The molecule has 1 rings (SSSR count). The van der Waals surface area contributed by atoms with Gasteiger partial charge in [-0.05, 0) is 25.5 Å². The summed E-state index contributed by atoms with van der Waals surface area (Å²) < 4.78 is 5.21. The first-order chi connectivity index (χ1) is 5.65. The summed E-state index contributed by atoms with van der Waals surface area (Å²) in [6.45, 7) is 4.11. The number of hydrogen-bond acceptors (Lipinski definition) is 1. The molecule has 0 saturated heterocycles. The fourth-order valence-corrected chi connectivity index (χ4v) is 1.14. The molecule has 0 aromatic heterocycles. The number of ether oxygens (including phenoxy) is 1. The number of hydrogen-bond donors (Lipinski definition) is 1. The lowest BCUT2D eigenvalue weighted by atomic mass is 10.1. The molecule has 0 spiro atoms. The maximum Gasteiger partial charge on any atom is 0.122 e. The van der Waals surface area contributed by atoms with Crippen molar-refractivity contribution in [1.29, 1.82) is 0 Å². The average molecular weight is 166 g/mol. The van der Waals surface area contributed by atoms with Crippen molar-refractivity contribution in [2.24, 2.45) is 0 Å². The van der Waals surface area contributed by atoms with Crippen LogP contribution in [0.2, 0.25) is 0 Å². The van der Waals surface area contributed by atoms with Crippen molar-refractivity contribution < 1.29 is 10.5 Å². The van der Waals surface area contributed by atoms with Gasteiger partial charge < -0.3 is 10.5 Å². The van der Waals surface area contributed by atoms with E-state index in [1.165, 1.54) is 11.1 Å². The van der Waals surface area contributed by atoms with Gasteiger partial charge in [0, 0.05) is 5.56 Å². The van der Waals surface area contributed by atoms with Crippen LogP contribution in [-0.4, -0.2) is 7.11 Å². The molecule has 0 bridgehead atoms. The van der Waals surface area contributed by atoms with Crippen molar-refractivity contribution in [3.8, 4) is 5.75 Å². The maximum absolute atomic E-state index is 5.21. The summed E-state index contributed by atoms with van der Waals surface area (Å²) >= 11 is 0. The molecular weight excluding hydrogens is 150 g/mol. The van der Waals surface area contributed by atoms with Gasteiger partial charge in [-0.3, -0.25) is 0 Å². The lowest BCUT2D eigenvalue weighted by Gasteiger charge is -2.07. The Hall–Kier alpha value is -1.02. The third-order valence-electron chi connectivity index (χ3n) is 2.00. The molecule has 0 aliphatic rings. The van der Waals surface area contributed by atoms with Crippen LogP contribution in [0.4, 0.5) is 0 Å². The SMILES string of the molecule is COc1cc(C(C)[NH3+])ccc1C. The summed E-state index contributed by atoms with van der Waals surface area (Å²) in [5.41, 5.74) is 6.35. The normalized spacial score (nSPS) is 12.7.